The lowest BCUT2D eigenvalue weighted by Crippen LogP contribution is -2.34. The van der Waals surface area contributed by atoms with Gasteiger partial charge in [-0.05, 0) is 61.6 Å². The lowest BCUT2D eigenvalue weighted by Gasteiger charge is -2.30. The summed E-state index contributed by atoms with van der Waals surface area (Å²) in [4.78, 5) is 13.2. The smallest absolute Gasteiger partial charge is 0.416 e. The van der Waals surface area contributed by atoms with E-state index in [1.165, 1.54) is 12.8 Å². The zero-order valence-corrected chi connectivity index (χ0v) is 22.7. The summed E-state index contributed by atoms with van der Waals surface area (Å²) in [7, 11) is 0. The van der Waals surface area contributed by atoms with Crippen LogP contribution in [0.25, 0.3) is 10.9 Å². The van der Waals surface area contributed by atoms with Crippen LogP contribution in [0, 0.1) is 5.92 Å². The molecule has 2 aromatic carbocycles. The first-order valence-corrected chi connectivity index (χ1v) is 13.9. The first-order chi connectivity index (χ1) is 19.5. The van der Waals surface area contributed by atoms with Crippen molar-refractivity contribution in [2.75, 3.05) is 31.1 Å². The van der Waals surface area contributed by atoms with Gasteiger partial charge in [0.2, 0.25) is 0 Å². The lowest BCUT2D eigenvalue weighted by atomic mass is 10.0. The molecule has 1 aliphatic carbocycles. The number of benzene rings is 2. The molecule has 0 radical (unpaired) electrons. The third kappa shape index (κ3) is 6.87. The van der Waals surface area contributed by atoms with Gasteiger partial charge < -0.3 is 14.5 Å². The second-order valence-electron chi connectivity index (χ2n) is 10.6. The number of nitrogens with zero attached hydrogens (tertiary/aromatic N) is 4. The van der Waals surface area contributed by atoms with Gasteiger partial charge in [-0.25, -0.2) is 9.98 Å². The van der Waals surface area contributed by atoms with Crippen LogP contribution in [-0.2, 0) is 30.2 Å². The van der Waals surface area contributed by atoms with Crippen molar-refractivity contribution in [3.63, 3.8) is 0 Å². The summed E-state index contributed by atoms with van der Waals surface area (Å²) in [5.74, 6) is 1.29. The van der Waals surface area contributed by atoms with Crippen molar-refractivity contribution in [3.8, 4) is 0 Å². The number of fused-ring (bicyclic) bond motifs is 1. The first-order valence-electron chi connectivity index (χ1n) is 13.9. The van der Waals surface area contributed by atoms with Crippen molar-refractivity contribution in [1.29, 1.82) is 0 Å². The average Bonchev–Trinajstić information content (AvgIpc) is 3.65. The van der Waals surface area contributed by atoms with Crippen molar-refractivity contribution >= 4 is 22.7 Å². The van der Waals surface area contributed by atoms with Crippen molar-refractivity contribution in [2.45, 2.75) is 58.0 Å². The van der Waals surface area contributed by atoms with E-state index < -0.39 is 23.5 Å². The van der Waals surface area contributed by atoms with Crippen LogP contribution in [-0.4, -0.2) is 42.1 Å². The molecule has 0 unspecified atom stereocenters. The number of halogens is 6. The molecule has 5 rings (SSSR count). The fraction of sp³-hybridized carbons (Fsp3) is 0.467. The van der Waals surface area contributed by atoms with Gasteiger partial charge >= 0.3 is 12.4 Å². The zero-order valence-electron chi connectivity index (χ0n) is 22.7. The van der Waals surface area contributed by atoms with Crippen molar-refractivity contribution in [3.05, 3.63) is 70.8 Å². The Bertz CT molecular complexity index is 1370. The molecule has 1 fully saturated rings. The Morgan fingerprint density at radius 3 is 2.17 bits per heavy atom. The highest BCUT2D eigenvalue weighted by Crippen LogP contribution is 2.37. The molecule has 2 aliphatic rings. The minimum atomic E-state index is -4.93. The molecule has 0 atom stereocenters. The zero-order chi connectivity index (χ0) is 29.2. The Kier molecular flexibility index (Phi) is 8.33. The molecule has 5 nitrogen and oxygen atoms in total. The fourth-order valence-corrected chi connectivity index (χ4v) is 5.65. The van der Waals surface area contributed by atoms with E-state index in [0.717, 1.165) is 53.8 Å². The third-order valence-corrected chi connectivity index (χ3v) is 7.64. The summed E-state index contributed by atoms with van der Waals surface area (Å²) in [5.41, 5.74) is -1.23. The normalized spacial score (nSPS) is 16.2. The van der Waals surface area contributed by atoms with Gasteiger partial charge in [-0.1, -0.05) is 31.0 Å². The van der Waals surface area contributed by atoms with Crippen LogP contribution in [0.15, 0.2) is 53.5 Å². The molecule has 1 aliphatic heterocycles. The Labute approximate surface area is 234 Å². The molecule has 0 N–H and O–H groups in total. The second kappa shape index (κ2) is 11.8. The predicted octanol–water partition coefficient (Wildman–Crippen LogP) is 7.68. The number of ether oxygens (including phenoxy) is 1. The largest absolute Gasteiger partial charge is 0.463 e. The highest BCUT2D eigenvalue weighted by Gasteiger charge is 2.37. The highest BCUT2D eigenvalue weighted by molar-refractivity contribution is 5.82. The predicted molar refractivity (Wildman–Crippen MR) is 146 cm³/mol. The standard InChI is InChI=1S/C30H32F6N4O/c1-2-39(17-20-7-3-4-8-20)27-23(15-22-9-5-6-10-26(22)38-27)19-40(28-37-11-12-41-28)18-21-13-24(29(31,32)33)16-25(14-21)30(34,35)36/h5-6,9-10,13-16,20H,2-4,7-8,11-12,17-19H2,1H3. The van der Waals surface area contributed by atoms with Crippen LogP contribution in [0.4, 0.5) is 32.2 Å². The molecule has 11 heteroatoms. The Balaban J connectivity index is 1.54. The maximum Gasteiger partial charge on any atom is 0.416 e. The second-order valence-corrected chi connectivity index (χ2v) is 10.6. The molecule has 0 spiro atoms. The Morgan fingerprint density at radius 2 is 1.56 bits per heavy atom. The number of anilines is 1. The molecular weight excluding hydrogens is 546 g/mol. The third-order valence-electron chi connectivity index (χ3n) is 7.64. The van der Waals surface area contributed by atoms with E-state index in [2.05, 4.69) is 16.8 Å². The monoisotopic (exact) mass is 578 g/mol. The van der Waals surface area contributed by atoms with E-state index in [4.69, 9.17) is 9.72 Å². The average molecular weight is 579 g/mol. The Morgan fingerprint density at radius 1 is 0.878 bits per heavy atom. The lowest BCUT2D eigenvalue weighted by molar-refractivity contribution is -0.143. The molecule has 1 aromatic heterocycles. The van der Waals surface area contributed by atoms with Crippen molar-refractivity contribution in [1.82, 2.24) is 9.88 Å². The van der Waals surface area contributed by atoms with Gasteiger partial charge in [0.15, 0.2) is 0 Å². The Hall–Kier alpha value is -3.50. The number of pyridine rings is 1. The van der Waals surface area contributed by atoms with E-state index in [1.54, 1.807) is 4.90 Å². The van der Waals surface area contributed by atoms with Crippen LogP contribution in [0.5, 0.6) is 0 Å². The maximum absolute atomic E-state index is 13.6. The van der Waals surface area contributed by atoms with Crippen LogP contribution >= 0.6 is 0 Å². The van der Waals surface area contributed by atoms with Gasteiger partial charge in [-0.2, -0.15) is 26.3 Å². The van der Waals surface area contributed by atoms with Crippen LogP contribution in [0.1, 0.15) is 54.9 Å². The van der Waals surface area contributed by atoms with E-state index in [9.17, 15) is 26.3 Å². The first kappa shape index (κ1) is 29.0. The van der Waals surface area contributed by atoms with Crippen LogP contribution in [0.3, 0.4) is 0 Å². The highest BCUT2D eigenvalue weighted by atomic mass is 19.4. The summed E-state index contributed by atoms with van der Waals surface area (Å²) in [5, 5.41) is 0.885. The summed E-state index contributed by atoms with van der Waals surface area (Å²) in [6.07, 6.45) is -5.18. The van der Waals surface area contributed by atoms with E-state index >= 15 is 0 Å². The topological polar surface area (TPSA) is 41.0 Å². The van der Waals surface area contributed by atoms with Gasteiger partial charge in [-0.15, -0.1) is 0 Å². The summed E-state index contributed by atoms with van der Waals surface area (Å²) in [6, 6.07) is 11.5. The van der Waals surface area contributed by atoms with Gasteiger partial charge in [0.1, 0.15) is 12.4 Å². The minimum Gasteiger partial charge on any atom is -0.463 e. The fourth-order valence-electron chi connectivity index (χ4n) is 5.65. The molecular formula is C30H32F6N4O. The number of alkyl halides is 6. The minimum absolute atomic E-state index is 0.140. The van der Waals surface area contributed by atoms with E-state index in [-0.39, 0.29) is 37.3 Å². The molecule has 1 saturated carbocycles. The molecule has 3 aromatic rings. The number of rotatable bonds is 8. The number of aromatic nitrogens is 1. The molecule has 2 heterocycles. The van der Waals surface area contributed by atoms with Gasteiger partial charge in [0.05, 0.1) is 29.7 Å². The van der Waals surface area contributed by atoms with Crippen molar-refractivity contribution in [2.24, 2.45) is 10.9 Å². The number of amidine groups is 1. The molecule has 0 bridgehead atoms. The summed E-state index contributed by atoms with van der Waals surface area (Å²) >= 11 is 0. The van der Waals surface area contributed by atoms with E-state index in [1.807, 2.05) is 30.3 Å². The summed E-state index contributed by atoms with van der Waals surface area (Å²) < 4.78 is 87.1. The molecule has 0 saturated heterocycles. The summed E-state index contributed by atoms with van der Waals surface area (Å²) in [6.45, 7) is 4.11. The van der Waals surface area contributed by atoms with Crippen molar-refractivity contribution < 1.29 is 31.1 Å². The van der Waals surface area contributed by atoms with Crippen LogP contribution in [0.2, 0.25) is 0 Å². The molecule has 0 amide bonds. The van der Waals surface area contributed by atoms with Gasteiger partial charge in [-0.3, -0.25) is 0 Å². The van der Waals surface area contributed by atoms with Gasteiger partial charge in [0.25, 0.3) is 6.02 Å². The number of hydrogen-bond donors (Lipinski definition) is 0. The van der Waals surface area contributed by atoms with Crippen LogP contribution < -0.4 is 4.90 Å². The quantitative estimate of drug-likeness (QED) is 0.257. The number of aliphatic imine (C=N–C) groups is 1. The molecule has 41 heavy (non-hydrogen) atoms. The SMILES string of the molecule is CCN(CC1CCCC1)c1nc2ccccc2cc1CN(Cc1cc(C(F)(F)F)cc(C(F)(F)F)c1)C1=NCCO1. The number of para-hydroxylation sites is 1. The van der Waals surface area contributed by atoms with Gasteiger partial charge in [0, 0.05) is 30.6 Å². The molecule has 220 valence electrons. The van der Waals surface area contributed by atoms with E-state index in [0.29, 0.717) is 19.0 Å². The number of hydrogen-bond acceptors (Lipinski definition) is 5. The maximum atomic E-state index is 13.6.